The predicted molar refractivity (Wildman–Crippen MR) is 58.4 cm³/mol. The Kier molecular flexibility index (Phi) is 6.49. The van der Waals surface area contributed by atoms with Crippen molar-refractivity contribution in [2.75, 3.05) is 19.6 Å². The highest BCUT2D eigenvalue weighted by molar-refractivity contribution is 5.77. The number of amides is 1. The van der Waals surface area contributed by atoms with Crippen LogP contribution in [0.3, 0.4) is 0 Å². The number of nitrogens with zero attached hydrogens (tertiary/aromatic N) is 1. The van der Waals surface area contributed by atoms with Crippen molar-refractivity contribution in [2.45, 2.75) is 27.7 Å². The van der Waals surface area contributed by atoms with E-state index in [4.69, 9.17) is 5.84 Å². The van der Waals surface area contributed by atoms with Crippen molar-refractivity contribution in [3.8, 4) is 0 Å². The van der Waals surface area contributed by atoms with Crippen LogP contribution in [0.5, 0.6) is 0 Å². The summed E-state index contributed by atoms with van der Waals surface area (Å²) in [5, 5.41) is 0. The van der Waals surface area contributed by atoms with Crippen LogP contribution in [0.15, 0.2) is 0 Å². The van der Waals surface area contributed by atoms with Gasteiger partial charge in [-0.05, 0) is 11.8 Å². The van der Waals surface area contributed by atoms with E-state index in [0.717, 1.165) is 13.1 Å². The van der Waals surface area contributed by atoms with Crippen molar-refractivity contribution in [3.63, 3.8) is 0 Å². The van der Waals surface area contributed by atoms with Gasteiger partial charge in [0.25, 0.3) is 0 Å². The third-order valence-corrected chi connectivity index (χ3v) is 1.77. The second-order valence-corrected chi connectivity index (χ2v) is 4.55. The molecule has 0 saturated carbocycles. The Hall–Kier alpha value is -0.610. The van der Waals surface area contributed by atoms with Gasteiger partial charge < -0.3 is 0 Å². The molecule has 0 aliphatic rings. The highest BCUT2D eigenvalue weighted by atomic mass is 16.2. The van der Waals surface area contributed by atoms with Crippen LogP contribution in [0.2, 0.25) is 0 Å². The zero-order chi connectivity index (χ0) is 11.1. The smallest absolute Gasteiger partial charge is 0.248 e. The van der Waals surface area contributed by atoms with Crippen molar-refractivity contribution in [1.29, 1.82) is 0 Å². The van der Waals surface area contributed by atoms with Crippen molar-refractivity contribution in [3.05, 3.63) is 0 Å². The average molecular weight is 201 g/mol. The first kappa shape index (κ1) is 13.4. The molecule has 0 aromatic carbocycles. The molecule has 0 bridgehead atoms. The Morgan fingerprint density at radius 3 is 1.93 bits per heavy atom. The molecule has 0 radical (unpaired) electrons. The molecule has 1 amide bonds. The zero-order valence-electron chi connectivity index (χ0n) is 9.71. The lowest BCUT2D eigenvalue weighted by Gasteiger charge is -2.24. The molecule has 0 rings (SSSR count). The quantitative estimate of drug-likeness (QED) is 0.376. The van der Waals surface area contributed by atoms with Gasteiger partial charge in [-0.3, -0.25) is 15.1 Å². The number of carbonyl (C=O) groups excluding carboxylic acids is 1. The molecule has 0 saturated heterocycles. The standard InChI is InChI=1S/C10H23N3O/c1-8(2)5-13(6-9(3)4)7-10(14)12-11/h8-9H,5-7,11H2,1-4H3,(H,12,14). The SMILES string of the molecule is CC(C)CN(CC(=O)NN)CC(C)C. The maximum Gasteiger partial charge on any atom is 0.248 e. The fraction of sp³-hybridized carbons (Fsp3) is 0.900. The lowest BCUT2D eigenvalue weighted by molar-refractivity contribution is -0.122. The summed E-state index contributed by atoms with van der Waals surface area (Å²) < 4.78 is 0. The number of hydrogen-bond acceptors (Lipinski definition) is 3. The summed E-state index contributed by atoms with van der Waals surface area (Å²) in [5.74, 6) is 6.07. The first-order valence-electron chi connectivity index (χ1n) is 5.17. The van der Waals surface area contributed by atoms with Gasteiger partial charge in [0.1, 0.15) is 0 Å². The third kappa shape index (κ3) is 6.86. The highest BCUT2D eigenvalue weighted by Gasteiger charge is 2.12. The van der Waals surface area contributed by atoms with Crippen molar-refractivity contribution in [2.24, 2.45) is 17.7 Å². The van der Waals surface area contributed by atoms with E-state index in [1.165, 1.54) is 0 Å². The number of carbonyl (C=O) groups is 1. The lowest BCUT2D eigenvalue weighted by atomic mass is 10.1. The predicted octanol–water partition coefficient (Wildman–Crippen LogP) is 0.590. The second-order valence-electron chi connectivity index (χ2n) is 4.55. The second kappa shape index (κ2) is 6.79. The van der Waals surface area contributed by atoms with E-state index in [0.29, 0.717) is 18.4 Å². The summed E-state index contributed by atoms with van der Waals surface area (Å²) in [6, 6.07) is 0. The van der Waals surface area contributed by atoms with Crippen molar-refractivity contribution in [1.82, 2.24) is 10.3 Å². The largest absolute Gasteiger partial charge is 0.294 e. The van der Waals surface area contributed by atoms with Crippen LogP contribution >= 0.6 is 0 Å². The Morgan fingerprint density at radius 2 is 1.64 bits per heavy atom. The van der Waals surface area contributed by atoms with E-state index in [1.54, 1.807) is 0 Å². The van der Waals surface area contributed by atoms with Gasteiger partial charge in [-0.15, -0.1) is 0 Å². The fourth-order valence-electron chi connectivity index (χ4n) is 1.49. The Labute approximate surface area is 86.8 Å². The summed E-state index contributed by atoms with van der Waals surface area (Å²) in [4.78, 5) is 13.2. The molecule has 3 N–H and O–H groups in total. The van der Waals surface area contributed by atoms with Gasteiger partial charge in [0.15, 0.2) is 0 Å². The van der Waals surface area contributed by atoms with Crippen LogP contribution in [-0.2, 0) is 4.79 Å². The molecule has 0 heterocycles. The van der Waals surface area contributed by atoms with Gasteiger partial charge in [-0.2, -0.15) is 0 Å². The molecule has 0 aliphatic carbocycles. The van der Waals surface area contributed by atoms with Crippen LogP contribution in [0.25, 0.3) is 0 Å². The molecule has 0 atom stereocenters. The summed E-state index contributed by atoms with van der Waals surface area (Å²) in [6.07, 6.45) is 0. The maximum absolute atomic E-state index is 11.1. The van der Waals surface area contributed by atoms with E-state index in [1.807, 2.05) is 0 Å². The molecule has 0 fully saturated rings. The number of hydrazine groups is 1. The van der Waals surface area contributed by atoms with Crippen LogP contribution in [0.4, 0.5) is 0 Å². The molecule has 0 spiro atoms. The molecule has 84 valence electrons. The number of hydrogen-bond donors (Lipinski definition) is 2. The Morgan fingerprint density at radius 1 is 1.21 bits per heavy atom. The minimum atomic E-state index is -0.119. The van der Waals surface area contributed by atoms with E-state index in [-0.39, 0.29) is 5.91 Å². The van der Waals surface area contributed by atoms with Gasteiger partial charge in [0, 0.05) is 13.1 Å². The molecular weight excluding hydrogens is 178 g/mol. The summed E-state index contributed by atoms with van der Waals surface area (Å²) in [5.41, 5.74) is 2.16. The van der Waals surface area contributed by atoms with Crippen LogP contribution in [0, 0.1) is 11.8 Å². The monoisotopic (exact) mass is 201 g/mol. The van der Waals surface area contributed by atoms with E-state index in [2.05, 4.69) is 38.0 Å². The van der Waals surface area contributed by atoms with Gasteiger partial charge in [-0.1, -0.05) is 27.7 Å². The van der Waals surface area contributed by atoms with Gasteiger partial charge in [0.2, 0.25) is 5.91 Å². The molecular formula is C10H23N3O. The number of nitrogens with one attached hydrogen (secondary N) is 1. The van der Waals surface area contributed by atoms with Crippen LogP contribution in [0.1, 0.15) is 27.7 Å². The van der Waals surface area contributed by atoms with Crippen LogP contribution < -0.4 is 11.3 Å². The molecule has 0 aliphatic heterocycles. The van der Waals surface area contributed by atoms with E-state index in [9.17, 15) is 4.79 Å². The molecule has 4 heteroatoms. The van der Waals surface area contributed by atoms with Gasteiger partial charge in [0.05, 0.1) is 6.54 Å². The van der Waals surface area contributed by atoms with E-state index >= 15 is 0 Å². The lowest BCUT2D eigenvalue weighted by Crippen LogP contribution is -2.42. The Bertz CT molecular complexity index is 159. The van der Waals surface area contributed by atoms with Crippen molar-refractivity contribution < 1.29 is 4.79 Å². The maximum atomic E-state index is 11.1. The summed E-state index contributed by atoms with van der Waals surface area (Å²) in [6.45, 7) is 10.9. The zero-order valence-corrected chi connectivity index (χ0v) is 9.71. The molecule has 4 nitrogen and oxygen atoms in total. The number of rotatable bonds is 6. The molecule has 14 heavy (non-hydrogen) atoms. The summed E-state index contributed by atoms with van der Waals surface area (Å²) >= 11 is 0. The first-order valence-corrected chi connectivity index (χ1v) is 5.17. The molecule has 0 aromatic rings. The Balaban J connectivity index is 4.03. The molecule has 0 unspecified atom stereocenters. The molecule has 0 aromatic heterocycles. The first-order chi connectivity index (χ1) is 6.45. The van der Waals surface area contributed by atoms with E-state index < -0.39 is 0 Å². The van der Waals surface area contributed by atoms with Crippen LogP contribution in [-0.4, -0.2) is 30.4 Å². The van der Waals surface area contributed by atoms with Gasteiger partial charge >= 0.3 is 0 Å². The van der Waals surface area contributed by atoms with Gasteiger partial charge in [-0.25, -0.2) is 5.84 Å². The summed E-state index contributed by atoms with van der Waals surface area (Å²) in [7, 11) is 0. The average Bonchev–Trinajstić information content (AvgIpc) is 2.01. The minimum absolute atomic E-state index is 0.119. The normalized spacial score (nSPS) is 11.4. The number of nitrogens with two attached hydrogens (primary N) is 1. The van der Waals surface area contributed by atoms with Crippen molar-refractivity contribution >= 4 is 5.91 Å². The topological polar surface area (TPSA) is 58.4 Å². The third-order valence-electron chi connectivity index (χ3n) is 1.77. The highest BCUT2D eigenvalue weighted by Crippen LogP contribution is 2.02. The fourth-order valence-corrected chi connectivity index (χ4v) is 1.49. The minimum Gasteiger partial charge on any atom is -0.294 e.